The van der Waals surface area contributed by atoms with Gasteiger partial charge < -0.3 is 0 Å². The lowest BCUT2D eigenvalue weighted by Crippen LogP contribution is -1.71. The number of rotatable bonds is 0. The van der Waals surface area contributed by atoms with E-state index in [2.05, 4.69) is 16.0 Å². The van der Waals surface area contributed by atoms with Crippen molar-refractivity contribution in [3.05, 3.63) is 48.7 Å². The van der Waals surface area contributed by atoms with Crippen LogP contribution in [0.4, 0.5) is 0 Å². The Bertz CT molecular complexity index is 560. The molecule has 1 aromatic heterocycles. The summed E-state index contributed by atoms with van der Waals surface area (Å²) in [5, 5.41) is 0. The van der Waals surface area contributed by atoms with Crippen LogP contribution in [-0.2, 0) is 0 Å². The van der Waals surface area contributed by atoms with Gasteiger partial charge in [-0.25, -0.2) is 4.98 Å². The summed E-state index contributed by atoms with van der Waals surface area (Å²) in [5.41, 5.74) is 4.07. The summed E-state index contributed by atoms with van der Waals surface area (Å²) in [4.78, 5) is 8.83. The fourth-order valence-electron chi connectivity index (χ4n) is 1.66. The van der Waals surface area contributed by atoms with Crippen molar-refractivity contribution in [2.24, 2.45) is 0 Å². The molecule has 0 aromatic carbocycles. The molecule has 14 heavy (non-hydrogen) atoms. The highest BCUT2D eigenvalue weighted by Crippen LogP contribution is 2.27. The van der Waals surface area contributed by atoms with Crippen LogP contribution in [-0.4, -0.2) is 9.97 Å². The zero-order valence-electron chi connectivity index (χ0n) is 7.51. The normalized spacial score (nSPS) is 10.9. The Balaban J connectivity index is 2.52. The van der Waals surface area contributed by atoms with E-state index < -0.39 is 0 Å². The van der Waals surface area contributed by atoms with Gasteiger partial charge in [0.2, 0.25) is 0 Å². The van der Waals surface area contributed by atoms with Crippen LogP contribution in [0, 0.1) is 0 Å². The Morgan fingerprint density at radius 3 is 2.79 bits per heavy atom. The molecule has 0 unspecified atom stereocenters. The van der Waals surface area contributed by atoms with Gasteiger partial charge in [0.15, 0.2) is 0 Å². The van der Waals surface area contributed by atoms with Gasteiger partial charge in [-0.2, -0.15) is 0 Å². The van der Waals surface area contributed by atoms with E-state index in [0.29, 0.717) is 0 Å². The molecular formula is C12H8N2. The average Bonchev–Trinajstić information content (AvgIpc) is 2.42. The molecule has 0 atom stereocenters. The topological polar surface area (TPSA) is 25.8 Å². The molecule has 2 aliphatic rings. The van der Waals surface area contributed by atoms with Gasteiger partial charge in [-0.3, -0.25) is 4.98 Å². The molecule has 0 amide bonds. The van der Waals surface area contributed by atoms with Crippen LogP contribution in [0.3, 0.4) is 0 Å². The first-order valence-corrected chi connectivity index (χ1v) is 4.55. The minimum absolute atomic E-state index is 0.966. The molecule has 0 radical (unpaired) electrons. The lowest BCUT2D eigenvalue weighted by molar-refractivity contribution is 1.41. The van der Waals surface area contributed by atoms with Crippen molar-refractivity contribution in [1.29, 1.82) is 0 Å². The SMILES string of the molecule is c1ccc2nc3cccnc3c-2cc1. The molecule has 2 heteroatoms. The summed E-state index contributed by atoms with van der Waals surface area (Å²) in [6, 6.07) is 14.0. The van der Waals surface area contributed by atoms with Crippen LogP contribution in [0.25, 0.3) is 22.3 Å². The van der Waals surface area contributed by atoms with Crippen molar-refractivity contribution in [3.63, 3.8) is 0 Å². The molecule has 0 bridgehead atoms. The third-order valence-electron chi connectivity index (χ3n) is 2.30. The first-order valence-electron chi connectivity index (χ1n) is 4.55. The molecule has 3 rings (SSSR count). The molecule has 2 heterocycles. The van der Waals surface area contributed by atoms with Crippen LogP contribution in [0.15, 0.2) is 48.7 Å². The second kappa shape index (κ2) is 2.77. The van der Waals surface area contributed by atoms with E-state index in [1.165, 1.54) is 0 Å². The number of hydrogen-bond donors (Lipinski definition) is 0. The predicted molar refractivity (Wildman–Crippen MR) is 56.2 cm³/mol. The average molecular weight is 180 g/mol. The van der Waals surface area contributed by atoms with Crippen molar-refractivity contribution in [2.75, 3.05) is 0 Å². The molecule has 0 saturated heterocycles. The molecular weight excluding hydrogens is 172 g/mol. The molecule has 1 aliphatic heterocycles. The lowest BCUT2D eigenvalue weighted by Gasteiger charge is -1.88. The molecule has 0 N–H and O–H groups in total. The van der Waals surface area contributed by atoms with Crippen LogP contribution in [0.1, 0.15) is 0 Å². The van der Waals surface area contributed by atoms with Gasteiger partial charge in [-0.05, 0) is 18.2 Å². The van der Waals surface area contributed by atoms with Crippen molar-refractivity contribution in [3.8, 4) is 11.3 Å². The quantitative estimate of drug-likeness (QED) is 0.531. The van der Waals surface area contributed by atoms with Crippen LogP contribution >= 0.6 is 0 Å². The number of hydrogen-bond acceptors (Lipinski definition) is 2. The highest BCUT2D eigenvalue weighted by molar-refractivity contribution is 5.93. The Morgan fingerprint density at radius 2 is 1.79 bits per heavy atom. The number of fused-ring (bicyclic) bond motifs is 3. The number of pyridine rings is 1. The van der Waals surface area contributed by atoms with E-state index in [9.17, 15) is 0 Å². The van der Waals surface area contributed by atoms with Gasteiger partial charge in [-0.15, -0.1) is 0 Å². The third kappa shape index (κ3) is 0.973. The van der Waals surface area contributed by atoms with Crippen molar-refractivity contribution in [2.45, 2.75) is 0 Å². The fourth-order valence-corrected chi connectivity index (χ4v) is 1.66. The molecule has 0 fully saturated rings. The van der Waals surface area contributed by atoms with E-state index >= 15 is 0 Å². The minimum Gasteiger partial charge on any atom is -0.254 e. The summed E-state index contributed by atoms with van der Waals surface area (Å²) < 4.78 is 0. The van der Waals surface area contributed by atoms with Crippen LogP contribution in [0.2, 0.25) is 0 Å². The first kappa shape index (κ1) is 7.44. The molecule has 2 nitrogen and oxygen atoms in total. The van der Waals surface area contributed by atoms with Crippen molar-refractivity contribution in [1.82, 2.24) is 9.97 Å². The summed E-state index contributed by atoms with van der Waals surface area (Å²) in [6.45, 7) is 0. The minimum atomic E-state index is 0.966. The molecule has 66 valence electrons. The van der Waals surface area contributed by atoms with Crippen molar-refractivity contribution >= 4 is 11.0 Å². The van der Waals surface area contributed by atoms with E-state index in [-0.39, 0.29) is 0 Å². The van der Waals surface area contributed by atoms with E-state index in [1.54, 1.807) is 6.20 Å². The van der Waals surface area contributed by atoms with Gasteiger partial charge in [0.25, 0.3) is 0 Å². The van der Waals surface area contributed by atoms with Gasteiger partial charge >= 0.3 is 0 Å². The summed E-state index contributed by atoms with van der Waals surface area (Å²) >= 11 is 0. The smallest absolute Gasteiger partial charge is 0.0980 e. The highest BCUT2D eigenvalue weighted by Gasteiger charge is 2.09. The van der Waals surface area contributed by atoms with Gasteiger partial charge in [0.1, 0.15) is 0 Å². The van der Waals surface area contributed by atoms with E-state index in [1.807, 2.05) is 36.4 Å². The van der Waals surface area contributed by atoms with Crippen LogP contribution < -0.4 is 0 Å². The second-order valence-electron chi connectivity index (χ2n) is 3.19. The Labute approximate surface area is 81.6 Å². The lowest BCUT2D eigenvalue weighted by atomic mass is 10.2. The van der Waals surface area contributed by atoms with Crippen molar-refractivity contribution < 1.29 is 0 Å². The molecule has 0 spiro atoms. The standard InChI is InChI=1S/C12H8N2/c1-2-5-9-10(6-3-1)14-11-7-4-8-13-12(9)11/h1-8H. The summed E-state index contributed by atoms with van der Waals surface area (Å²) in [7, 11) is 0. The highest BCUT2D eigenvalue weighted by atomic mass is 14.8. The van der Waals surface area contributed by atoms with Gasteiger partial charge in [0.05, 0.1) is 16.7 Å². The van der Waals surface area contributed by atoms with E-state index in [0.717, 1.165) is 22.3 Å². The largest absolute Gasteiger partial charge is 0.254 e. The first-order chi connectivity index (χ1) is 6.95. The summed E-state index contributed by atoms with van der Waals surface area (Å²) in [6.07, 6.45) is 1.80. The van der Waals surface area contributed by atoms with E-state index in [4.69, 9.17) is 0 Å². The predicted octanol–water partition coefficient (Wildman–Crippen LogP) is 2.73. The van der Waals surface area contributed by atoms with Gasteiger partial charge in [-0.1, -0.05) is 24.3 Å². The fraction of sp³-hybridized carbons (Fsp3) is 0. The molecule has 1 aromatic rings. The third-order valence-corrected chi connectivity index (χ3v) is 2.30. The second-order valence-corrected chi connectivity index (χ2v) is 3.19. The Hall–Kier alpha value is -1.96. The monoisotopic (exact) mass is 180 g/mol. The maximum absolute atomic E-state index is 4.49. The maximum Gasteiger partial charge on any atom is 0.0980 e. The van der Waals surface area contributed by atoms with Gasteiger partial charge in [0, 0.05) is 11.8 Å². The summed E-state index contributed by atoms with van der Waals surface area (Å²) in [5.74, 6) is 0. The van der Waals surface area contributed by atoms with Crippen LogP contribution in [0.5, 0.6) is 0 Å². The molecule has 1 aliphatic carbocycles. The number of nitrogens with zero attached hydrogens (tertiary/aromatic N) is 2. The molecule has 0 saturated carbocycles. The zero-order chi connectivity index (χ0) is 9.38. The number of aromatic nitrogens is 2. The maximum atomic E-state index is 4.49. The zero-order valence-corrected chi connectivity index (χ0v) is 7.51. The Morgan fingerprint density at radius 1 is 0.857 bits per heavy atom. The Kier molecular flexibility index (Phi) is 1.47.